The molecule has 0 spiro atoms. The Labute approximate surface area is 145 Å². The summed E-state index contributed by atoms with van der Waals surface area (Å²) in [4.78, 5) is 19.4. The van der Waals surface area contributed by atoms with Crippen LogP contribution >= 0.6 is 0 Å². The number of fused-ring (bicyclic) bond motifs is 4. The van der Waals surface area contributed by atoms with E-state index in [0.29, 0.717) is 12.2 Å². The maximum atomic E-state index is 12.9. The van der Waals surface area contributed by atoms with Crippen LogP contribution < -0.4 is 15.3 Å². The molecular weight excluding hydrogens is 310 g/mol. The summed E-state index contributed by atoms with van der Waals surface area (Å²) in [5, 5.41) is 4.70. The number of hydrogen-bond acceptors (Lipinski definition) is 2. The van der Waals surface area contributed by atoms with Gasteiger partial charge in [-0.25, -0.2) is 9.97 Å². The molecule has 0 saturated carbocycles. The molecule has 0 radical (unpaired) electrons. The number of Topliss-reactive ketones (excluding diaryl/α,β-unsaturated/α-hetero) is 1. The minimum atomic E-state index is -0.136. The summed E-state index contributed by atoms with van der Waals surface area (Å²) >= 11 is 0. The van der Waals surface area contributed by atoms with Gasteiger partial charge in [-0.1, -0.05) is 6.08 Å². The first kappa shape index (κ1) is 14.3. The molecule has 0 bridgehead atoms. The van der Waals surface area contributed by atoms with Crippen LogP contribution in [0.2, 0.25) is 0 Å². The van der Waals surface area contributed by atoms with Gasteiger partial charge in [0, 0.05) is 47.5 Å². The van der Waals surface area contributed by atoms with E-state index in [0.717, 1.165) is 28.9 Å². The first-order chi connectivity index (χ1) is 12.3. The Bertz CT molecular complexity index is 1010. The highest BCUT2D eigenvalue weighted by molar-refractivity contribution is 5.94. The van der Waals surface area contributed by atoms with Crippen molar-refractivity contribution in [2.75, 3.05) is 5.32 Å². The molecule has 2 atom stereocenters. The lowest BCUT2D eigenvalue weighted by atomic mass is 9.70. The van der Waals surface area contributed by atoms with Crippen molar-refractivity contribution in [3.8, 4) is 0 Å². The maximum Gasteiger partial charge on any atom is 0.211 e. The highest BCUT2D eigenvalue weighted by Gasteiger charge is 2.41. The Kier molecular flexibility index (Phi) is 3.17. The van der Waals surface area contributed by atoms with Crippen LogP contribution in [0.25, 0.3) is 10.9 Å². The van der Waals surface area contributed by atoms with Gasteiger partial charge in [-0.2, -0.15) is 0 Å². The van der Waals surface area contributed by atoms with E-state index < -0.39 is 0 Å². The lowest BCUT2D eigenvalue weighted by Crippen LogP contribution is -2.35. The molecule has 0 fully saturated rings. The van der Waals surface area contributed by atoms with Gasteiger partial charge in [0.15, 0.2) is 18.6 Å². The monoisotopic (exact) mass is 329 g/mol. The zero-order valence-electron chi connectivity index (χ0n) is 13.8. The van der Waals surface area contributed by atoms with Crippen LogP contribution in [0.1, 0.15) is 29.9 Å². The predicted molar refractivity (Wildman–Crippen MR) is 94.8 cm³/mol. The smallest absolute Gasteiger partial charge is 0.211 e. The van der Waals surface area contributed by atoms with E-state index in [4.69, 9.17) is 0 Å². The Morgan fingerprint density at radius 1 is 1.04 bits per heavy atom. The number of H-pyrrole nitrogens is 2. The molecular formula is C21H19N3O+2. The fraction of sp³-hybridized carbons (Fsp3) is 0.190. The maximum absolute atomic E-state index is 12.9. The number of allylic oxidation sites excluding steroid dienone is 2. The van der Waals surface area contributed by atoms with Crippen LogP contribution in [-0.2, 0) is 4.79 Å². The van der Waals surface area contributed by atoms with E-state index in [1.165, 1.54) is 10.9 Å². The summed E-state index contributed by atoms with van der Waals surface area (Å²) in [5.74, 6) is 0.205. The first-order valence-electron chi connectivity index (χ1n) is 8.72. The van der Waals surface area contributed by atoms with Gasteiger partial charge in [0.05, 0.1) is 11.3 Å². The second kappa shape index (κ2) is 5.52. The highest BCUT2D eigenvalue weighted by Crippen LogP contribution is 2.48. The summed E-state index contributed by atoms with van der Waals surface area (Å²) in [5.41, 5.74) is 5.58. The molecule has 1 aliphatic carbocycles. The van der Waals surface area contributed by atoms with Crippen molar-refractivity contribution in [2.24, 2.45) is 5.92 Å². The molecule has 4 nitrogen and oxygen atoms in total. The molecule has 3 heterocycles. The molecule has 1 aliphatic heterocycles. The average Bonchev–Trinajstić information content (AvgIpc) is 2.67. The number of nitrogens with one attached hydrogen (secondary N) is 3. The molecule has 2 aliphatic rings. The Balaban J connectivity index is 1.84. The molecule has 3 aromatic rings. The Morgan fingerprint density at radius 3 is 2.84 bits per heavy atom. The summed E-state index contributed by atoms with van der Waals surface area (Å²) in [6.07, 6.45) is 9.49. The van der Waals surface area contributed by atoms with Crippen molar-refractivity contribution >= 4 is 22.4 Å². The van der Waals surface area contributed by atoms with Crippen molar-refractivity contribution in [3.63, 3.8) is 0 Å². The molecule has 4 heteroatoms. The van der Waals surface area contributed by atoms with Crippen LogP contribution in [-0.4, -0.2) is 5.78 Å². The van der Waals surface area contributed by atoms with E-state index in [9.17, 15) is 4.79 Å². The zero-order valence-corrected chi connectivity index (χ0v) is 13.8. The van der Waals surface area contributed by atoms with E-state index in [2.05, 4.69) is 45.6 Å². The topological polar surface area (TPSA) is 57.4 Å². The zero-order chi connectivity index (χ0) is 16.8. The molecule has 3 N–H and O–H groups in total. The predicted octanol–water partition coefficient (Wildman–Crippen LogP) is 2.89. The minimum absolute atomic E-state index is 0.0206. The van der Waals surface area contributed by atoms with Gasteiger partial charge in [0.25, 0.3) is 0 Å². The lowest BCUT2D eigenvalue weighted by molar-refractivity contribution is -0.378. The Morgan fingerprint density at radius 2 is 1.96 bits per heavy atom. The second-order valence-corrected chi connectivity index (χ2v) is 6.74. The van der Waals surface area contributed by atoms with Gasteiger partial charge < -0.3 is 5.32 Å². The molecule has 0 amide bonds. The van der Waals surface area contributed by atoms with Crippen molar-refractivity contribution in [1.82, 2.24) is 0 Å². The minimum Gasteiger partial charge on any atom is -0.358 e. The van der Waals surface area contributed by atoms with Crippen LogP contribution in [0.4, 0.5) is 5.69 Å². The number of aromatic amines is 2. The third-order valence-electron chi connectivity index (χ3n) is 5.34. The van der Waals surface area contributed by atoms with Gasteiger partial charge in [-0.05, 0) is 30.2 Å². The molecule has 0 saturated heterocycles. The first-order valence-corrected chi connectivity index (χ1v) is 8.72. The van der Waals surface area contributed by atoms with E-state index in [1.54, 1.807) is 0 Å². The van der Waals surface area contributed by atoms with E-state index >= 15 is 0 Å². The second-order valence-electron chi connectivity index (χ2n) is 6.74. The third-order valence-corrected chi connectivity index (χ3v) is 5.34. The van der Waals surface area contributed by atoms with E-state index in [1.807, 2.05) is 30.7 Å². The number of ketones is 1. The number of hydrogen-bond donors (Lipinski definition) is 1. The molecule has 2 unspecified atom stereocenters. The number of anilines is 1. The molecule has 2 aromatic heterocycles. The van der Waals surface area contributed by atoms with Crippen molar-refractivity contribution in [1.29, 1.82) is 0 Å². The van der Waals surface area contributed by atoms with Gasteiger partial charge in [0.1, 0.15) is 5.78 Å². The summed E-state index contributed by atoms with van der Waals surface area (Å²) in [7, 11) is 0. The van der Waals surface area contributed by atoms with Gasteiger partial charge >= 0.3 is 0 Å². The molecule has 1 aromatic carbocycles. The number of benzene rings is 1. The van der Waals surface area contributed by atoms with Crippen LogP contribution in [0, 0.1) is 5.92 Å². The number of pyridine rings is 2. The van der Waals surface area contributed by atoms with Crippen LogP contribution in [0.15, 0.2) is 66.8 Å². The number of rotatable bonds is 1. The largest absolute Gasteiger partial charge is 0.358 e. The van der Waals surface area contributed by atoms with Gasteiger partial charge in [-0.3, -0.25) is 4.79 Å². The van der Waals surface area contributed by atoms with Crippen LogP contribution in [0.3, 0.4) is 0 Å². The van der Waals surface area contributed by atoms with Crippen molar-refractivity contribution in [3.05, 3.63) is 77.9 Å². The Hall–Kier alpha value is -3.01. The molecule has 25 heavy (non-hydrogen) atoms. The fourth-order valence-corrected chi connectivity index (χ4v) is 4.27. The normalized spacial score (nSPS) is 21.9. The quantitative estimate of drug-likeness (QED) is 0.746. The van der Waals surface area contributed by atoms with Gasteiger partial charge in [0.2, 0.25) is 5.52 Å². The standard InChI is InChI=1S/C21H17N3O/c25-18-7-1-6-16-21(18)19(13-4-2-10-22-12-13)20-14-5-3-11-23-15(14)8-9-17(20)24-16/h2-6,8-12,19,21,24H,1,7H2/p+2. The van der Waals surface area contributed by atoms with E-state index in [-0.39, 0.29) is 11.8 Å². The number of carbonyl (C=O) groups excluding carboxylic acids is 1. The highest BCUT2D eigenvalue weighted by atomic mass is 16.1. The molecule has 5 rings (SSSR count). The lowest BCUT2D eigenvalue weighted by Gasteiger charge is -2.37. The van der Waals surface area contributed by atoms with Crippen molar-refractivity contribution < 1.29 is 14.8 Å². The number of carbonyl (C=O) groups is 1. The summed E-state index contributed by atoms with van der Waals surface area (Å²) in [6, 6.07) is 12.5. The third kappa shape index (κ3) is 2.18. The van der Waals surface area contributed by atoms with Crippen LogP contribution in [0.5, 0.6) is 0 Å². The van der Waals surface area contributed by atoms with Gasteiger partial charge in [-0.15, -0.1) is 0 Å². The van der Waals surface area contributed by atoms with Crippen molar-refractivity contribution in [2.45, 2.75) is 18.8 Å². The average molecular weight is 329 g/mol. The summed E-state index contributed by atoms with van der Waals surface area (Å²) in [6.45, 7) is 0. The molecule has 122 valence electrons. The summed E-state index contributed by atoms with van der Waals surface area (Å²) < 4.78 is 0. The number of aromatic nitrogens is 2. The SMILES string of the molecule is O=C1CCC=C2Nc3ccc4[nH+]cccc4c3C(c3ccc[nH+]c3)C12. The fourth-order valence-electron chi connectivity index (χ4n) is 4.27.